The molecule has 94 valence electrons. The standard InChI is InChI=1S/C13H15FN4/c14-10-5-1-8(7-11(10)15)2-6-12-16-13(18-17-12)9-3-4-9/h1,5,7,9H,2-4,6,15H2,(H,16,17,18). The van der Waals surface area contributed by atoms with E-state index in [1.54, 1.807) is 12.1 Å². The molecule has 1 aromatic carbocycles. The van der Waals surface area contributed by atoms with Crippen LogP contribution < -0.4 is 5.73 Å². The van der Waals surface area contributed by atoms with Gasteiger partial charge >= 0.3 is 0 Å². The van der Waals surface area contributed by atoms with E-state index in [-0.39, 0.29) is 11.5 Å². The molecular weight excluding hydrogens is 231 g/mol. The summed E-state index contributed by atoms with van der Waals surface area (Å²) in [5.41, 5.74) is 6.74. The number of nitrogens with zero attached hydrogens (tertiary/aromatic N) is 2. The first-order chi connectivity index (χ1) is 8.72. The average Bonchev–Trinajstić information content (AvgIpc) is 3.11. The van der Waals surface area contributed by atoms with Gasteiger partial charge in [-0.1, -0.05) is 6.07 Å². The minimum absolute atomic E-state index is 0.198. The van der Waals surface area contributed by atoms with Crippen LogP contribution in [0.4, 0.5) is 10.1 Å². The number of rotatable bonds is 4. The van der Waals surface area contributed by atoms with Gasteiger partial charge in [-0.25, -0.2) is 9.37 Å². The molecule has 0 bridgehead atoms. The van der Waals surface area contributed by atoms with Crippen LogP contribution in [0.2, 0.25) is 0 Å². The SMILES string of the molecule is Nc1cc(CCc2nc(C3CC3)n[nH]2)ccc1F. The number of nitrogens with one attached hydrogen (secondary N) is 1. The summed E-state index contributed by atoms with van der Waals surface area (Å²) in [5, 5.41) is 7.16. The first-order valence-corrected chi connectivity index (χ1v) is 6.17. The molecule has 0 radical (unpaired) electrons. The number of aromatic nitrogens is 3. The van der Waals surface area contributed by atoms with Crippen LogP contribution in [0.3, 0.4) is 0 Å². The monoisotopic (exact) mass is 246 g/mol. The highest BCUT2D eigenvalue weighted by atomic mass is 19.1. The van der Waals surface area contributed by atoms with Gasteiger partial charge in [-0.05, 0) is 37.0 Å². The number of nitrogen functional groups attached to an aromatic ring is 1. The highest BCUT2D eigenvalue weighted by molar-refractivity contribution is 5.42. The molecule has 3 N–H and O–H groups in total. The number of H-pyrrole nitrogens is 1. The van der Waals surface area contributed by atoms with Crippen LogP contribution in [0.25, 0.3) is 0 Å². The van der Waals surface area contributed by atoms with Gasteiger partial charge in [-0.3, -0.25) is 5.10 Å². The molecule has 0 amide bonds. The van der Waals surface area contributed by atoms with E-state index in [9.17, 15) is 4.39 Å². The van der Waals surface area contributed by atoms with Gasteiger partial charge in [0.05, 0.1) is 5.69 Å². The van der Waals surface area contributed by atoms with Gasteiger partial charge in [0.2, 0.25) is 0 Å². The van der Waals surface area contributed by atoms with E-state index in [0.717, 1.165) is 30.1 Å². The molecular formula is C13H15FN4. The van der Waals surface area contributed by atoms with Crippen LogP contribution in [0.5, 0.6) is 0 Å². The first kappa shape index (κ1) is 11.2. The molecule has 0 saturated heterocycles. The molecule has 5 heteroatoms. The van der Waals surface area contributed by atoms with Gasteiger partial charge in [0.15, 0.2) is 5.82 Å². The minimum atomic E-state index is -0.366. The van der Waals surface area contributed by atoms with Crippen LogP contribution >= 0.6 is 0 Å². The van der Waals surface area contributed by atoms with Crippen molar-refractivity contribution in [2.75, 3.05) is 5.73 Å². The Balaban J connectivity index is 1.63. The fourth-order valence-electron chi connectivity index (χ4n) is 1.96. The van der Waals surface area contributed by atoms with Crippen LogP contribution in [0.15, 0.2) is 18.2 Å². The highest BCUT2D eigenvalue weighted by Gasteiger charge is 2.27. The topological polar surface area (TPSA) is 67.6 Å². The predicted molar refractivity (Wildman–Crippen MR) is 66.6 cm³/mol. The van der Waals surface area contributed by atoms with E-state index >= 15 is 0 Å². The quantitative estimate of drug-likeness (QED) is 0.812. The Hall–Kier alpha value is -1.91. The Bertz CT molecular complexity index is 560. The predicted octanol–water partition coefficient (Wildman–Crippen LogP) is 2.19. The largest absolute Gasteiger partial charge is 0.396 e. The Kier molecular flexibility index (Phi) is 2.74. The molecule has 4 nitrogen and oxygen atoms in total. The van der Waals surface area contributed by atoms with Gasteiger partial charge in [0, 0.05) is 12.3 Å². The second-order valence-electron chi connectivity index (χ2n) is 4.77. The number of aromatic amines is 1. The molecule has 1 aliphatic rings. The molecule has 1 fully saturated rings. The third-order valence-corrected chi connectivity index (χ3v) is 3.20. The summed E-state index contributed by atoms with van der Waals surface area (Å²) in [6, 6.07) is 4.83. The Morgan fingerprint density at radius 1 is 1.33 bits per heavy atom. The summed E-state index contributed by atoms with van der Waals surface area (Å²) >= 11 is 0. The average molecular weight is 246 g/mol. The van der Waals surface area contributed by atoms with Crippen LogP contribution in [-0.4, -0.2) is 15.2 Å². The Morgan fingerprint density at radius 3 is 2.89 bits per heavy atom. The molecule has 0 atom stereocenters. The first-order valence-electron chi connectivity index (χ1n) is 6.17. The minimum Gasteiger partial charge on any atom is -0.396 e. The lowest BCUT2D eigenvalue weighted by atomic mass is 10.1. The van der Waals surface area contributed by atoms with Gasteiger partial charge < -0.3 is 5.73 Å². The van der Waals surface area contributed by atoms with Crippen LogP contribution in [0.1, 0.15) is 36.0 Å². The maximum absolute atomic E-state index is 13.0. The molecule has 1 aliphatic carbocycles. The van der Waals surface area contributed by atoms with Crippen molar-refractivity contribution in [1.82, 2.24) is 15.2 Å². The number of hydrogen-bond acceptors (Lipinski definition) is 3. The lowest BCUT2D eigenvalue weighted by Crippen LogP contribution is -1.97. The Labute approximate surface area is 104 Å². The zero-order valence-corrected chi connectivity index (χ0v) is 9.99. The molecule has 0 aliphatic heterocycles. The number of anilines is 1. The lowest BCUT2D eigenvalue weighted by molar-refractivity contribution is 0.631. The fourth-order valence-corrected chi connectivity index (χ4v) is 1.96. The zero-order valence-electron chi connectivity index (χ0n) is 9.99. The highest BCUT2D eigenvalue weighted by Crippen LogP contribution is 2.37. The van der Waals surface area contributed by atoms with Crippen molar-refractivity contribution in [3.63, 3.8) is 0 Å². The van der Waals surface area contributed by atoms with E-state index in [2.05, 4.69) is 15.2 Å². The van der Waals surface area contributed by atoms with Crippen molar-refractivity contribution in [2.24, 2.45) is 0 Å². The maximum atomic E-state index is 13.0. The van der Waals surface area contributed by atoms with Gasteiger partial charge in [0.1, 0.15) is 11.6 Å². The van der Waals surface area contributed by atoms with Gasteiger partial charge in [0.25, 0.3) is 0 Å². The summed E-state index contributed by atoms with van der Waals surface area (Å²) in [6.07, 6.45) is 3.95. The molecule has 1 heterocycles. The summed E-state index contributed by atoms with van der Waals surface area (Å²) in [7, 11) is 0. The van der Waals surface area contributed by atoms with Gasteiger partial charge in [-0.2, -0.15) is 5.10 Å². The van der Waals surface area contributed by atoms with Crippen molar-refractivity contribution in [3.05, 3.63) is 41.2 Å². The van der Waals surface area contributed by atoms with E-state index < -0.39 is 0 Å². The fraction of sp³-hybridized carbons (Fsp3) is 0.385. The number of nitrogens with two attached hydrogens (primary N) is 1. The number of halogens is 1. The lowest BCUT2D eigenvalue weighted by Gasteiger charge is -2.01. The third kappa shape index (κ3) is 2.34. The smallest absolute Gasteiger partial charge is 0.153 e. The van der Waals surface area contributed by atoms with Crippen LogP contribution in [-0.2, 0) is 12.8 Å². The zero-order chi connectivity index (χ0) is 12.5. The number of aryl methyl sites for hydroxylation is 2. The maximum Gasteiger partial charge on any atom is 0.153 e. The van der Waals surface area contributed by atoms with E-state index in [0.29, 0.717) is 5.92 Å². The van der Waals surface area contributed by atoms with E-state index in [1.807, 2.05) is 0 Å². The third-order valence-electron chi connectivity index (χ3n) is 3.20. The molecule has 2 aromatic rings. The molecule has 1 saturated carbocycles. The van der Waals surface area contributed by atoms with Gasteiger partial charge in [-0.15, -0.1) is 0 Å². The summed E-state index contributed by atoms with van der Waals surface area (Å²) in [6.45, 7) is 0. The van der Waals surface area contributed by atoms with Crippen molar-refractivity contribution in [2.45, 2.75) is 31.6 Å². The van der Waals surface area contributed by atoms with Crippen molar-refractivity contribution >= 4 is 5.69 Å². The van der Waals surface area contributed by atoms with Crippen molar-refractivity contribution in [3.8, 4) is 0 Å². The molecule has 18 heavy (non-hydrogen) atoms. The summed E-state index contributed by atoms with van der Waals surface area (Å²) in [4.78, 5) is 4.46. The number of hydrogen-bond donors (Lipinski definition) is 2. The van der Waals surface area contributed by atoms with Crippen molar-refractivity contribution in [1.29, 1.82) is 0 Å². The number of benzene rings is 1. The van der Waals surface area contributed by atoms with E-state index in [1.165, 1.54) is 18.9 Å². The molecule has 0 spiro atoms. The Morgan fingerprint density at radius 2 is 2.17 bits per heavy atom. The summed E-state index contributed by atoms with van der Waals surface area (Å²) < 4.78 is 13.0. The van der Waals surface area contributed by atoms with Crippen LogP contribution in [0, 0.1) is 5.82 Å². The van der Waals surface area contributed by atoms with E-state index in [4.69, 9.17) is 5.73 Å². The normalized spacial score (nSPS) is 14.9. The molecule has 0 unspecified atom stereocenters. The summed E-state index contributed by atoms with van der Waals surface area (Å²) in [5.74, 6) is 2.02. The molecule has 1 aromatic heterocycles. The van der Waals surface area contributed by atoms with Crippen molar-refractivity contribution < 1.29 is 4.39 Å². The second-order valence-corrected chi connectivity index (χ2v) is 4.77. The molecule has 3 rings (SSSR count). The second kappa shape index (κ2) is 4.40.